The lowest BCUT2D eigenvalue weighted by molar-refractivity contribution is 0.122. The van der Waals surface area contributed by atoms with Gasteiger partial charge in [0, 0.05) is 30.1 Å². The normalized spacial score (nSPS) is 26.0. The van der Waals surface area contributed by atoms with Crippen LogP contribution in [0.15, 0.2) is 24.4 Å². The fourth-order valence-corrected chi connectivity index (χ4v) is 4.36. The summed E-state index contributed by atoms with van der Waals surface area (Å²) in [6.45, 7) is 1.86. The van der Waals surface area contributed by atoms with Crippen LogP contribution >= 0.6 is 23.2 Å². The van der Waals surface area contributed by atoms with E-state index >= 15 is 0 Å². The lowest BCUT2D eigenvalue weighted by atomic mass is 9.64. The molecule has 5 nitrogen and oxygen atoms in total. The highest BCUT2D eigenvalue weighted by atomic mass is 35.5. The number of aromatic nitrogens is 2. The van der Waals surface area contributed by atoms with Gasteiger partial charge in [-0.05, 0) is 31.4 Å². The van der Waals surface area contributed by atoms with Crippen LogP contribution in [0.25, 0.3) is 11.3 Å². The molecular formula is C17H19Cl2N5. The van der Waals surface area contributed by atoms with Crippen LogP contribution in [-0.4, -0.2) is 29.1 Å². The average molecular weight is 364 g/mol. The second-order valence-electron chi connectivity index (χ2n) is 6.74. The molecule has 0 amide bonds. The molecule has 1 aromatic heterocycles. The van der Waals surface area contributed by atoms with Crippen molar-refractivity contribution in [1.82, 2.24) is 9.97 Å². The van der Waals surface area contributed by atoms with Crippen LogP contribution in [0.2, 0.25) is 10.0 Å². The fraction of sp³-hybridized carbons (Fsp3) is 0.412. The van der Waals surface area contributed by atoms with E-state index in [0.717, 1.165) is 31.7 Å². The van der Waals surface area contributed by atoms with E-state index in [2.05, 4.69) is 14.9 Å². The van der Waals surface area contributed by atoms with E-state index in [1.807, 2.05) is 0 Å². The molecule has 0 bridgehead atoms. The van der Waals surface area contributed by atoms with Gasteiger partial charge >= 0.3 is 0 Å². The smallest absolute Gasteiger partial charge is 0.152 e. The van der Waals surface area contributed by atoms with Crippen molar-refractivity contribution in [3.63, 3.8) is 0 Å². The topological polar surface area (TPSA) is 81.1 Å². The Labute approximate surface area is 151 Å². The molecule has 1 saturated carbocycles. The standard InChI is InChI=1S/C17H19Cl2N5/c18-10-2-1-3-11(19)14(10)15-16(21)23-13(8-22-15)24-7-6-17(9-24)5-4-12(17)20/h1-3,8,12H,4-7,9,20H2,(H2,21,23)/t12?,17-/m0/s1. The van der Waals surface area contributed by atoms with Crippen molar-refractivity contribution in [3.05, 3.63) is 34.4 Å². The van der Waals surface area contributed by atoms with Crippen LogP contribution < -0.4 is 16.4 Å². The van der Waals surface area contributed by atoms with E-state index < -0.39 is 0 Å². The van der Waals surface area contributed by atoms with Gasteiger partial charge in [0.1, 0.15) is 11.5 Å². The molecule has 2 aliphatic rings. The zero-order chi connectivity index (χ0) is 16.9. The highest BCUT2D eigenvalue weighted by Gasteiger charge is 2.49. The number of nitrogens with zero attached hydrogens (tertiary/aromatic N) is 3. The zero-order valence-corrected chi connectivity index (χ0v) is 14.7. The first-order valence-corrected chi connectivity index (χ1v) is 8.83. The zero-order valence-electron chi connectivity index (χ0n) is 13.2. The van der Waals surface area contributed by atoms with Gasteiger partial charge in [-0.1, -0.05) is 29.3 Å². The largest absolute Gasteiger partial charge is 0.382 e. The van der Waals surface area contributed by atoms with Gasteiger partial charge in [-0.3, -0.25) is 0 Å². The lowest BCUT2D eigenvalue weighted by Gasteiger charge is -2.44. The second-order valence-corrected chi connectivity index (χ2v) is 7.55. The first kappa shape index (κ1) is 15.9. The first-order valence-electron chi connectivity index (χ1n) is 8.08. The molecule has 4 N–H and O–H groups in total. The van der Waals surface area contributed by atoms with Crippen molar-refractivity contribution in [1.29, 1.82) is 0 Å². The Morgan fingerprint density at radius 1 is 1.21 bits per heavy atom. The summed E-state index contributed by atoms with van der Waals surface area (Å²) in [6.07, 6.45) is 5.16. The van der Waals surface area contributed by atoms with Crippen molar-refractivity contribution in [2.75, 3.05) is 23.7 Å². The van der Waals surface area contributed by atoms with Gasteiger partial charge in [0.25, 0.3) is 0 Å². The molecule has 2 atom stereocenters. The van der Waals surface area contributed by atoms with E-state index in [9.17, 15) is 0 Å². The minimum atomic E-state index is 0.251. The molecule has 126 valence electrons. The number of nitrogens with two attached hydrogens (primary N) is 2. The van der Waals surface area contributed by atoms with Crippen LogP contribution in [0, 0.1) is 5.41 Å². The van der Waals surface area contributed by atoms with Crippen LogP contribution in [0.4, 0.5) is 11.6 Å². The minimum Gasteiger partial charge on any atom is -0.382 e. The summed E-state index contributed by atoms with van der Waals surface area (Å²) in [5, 5.41) is 1.02. The van der Waals surface area contributed by atoms with Gasteiger partial charge in [0.05, 0.1) is 16.2 Å². The molecule has 1 spiro atoms. The average Bonchev–Trinajstić information content (AvgIpc) is 3.02. The highest BCUT2D eigenvalue weighted by molar-refractivity contribution is 6.39. The van der Waals surface area contributed by atoms with Gasteiger partial charge in [-0.2, -0.15) is 0 Å². The molecule has 1 aliphatic carbocycles. The van der Waals surface area contributed by atoms with E-state index in [1.54, 1.807) is 24.4 Å². The maximum absolute atomic E-state index is 6.25. The maximum Gasteiger partial charge on any atom is 0.152 e. The van der Waals surface area contributed by atoms with Crippen LogP contribution in [-0.2, 0) is 0 Å². The van der Waals surface area contributed by atoms with Gasteiger partial charge in [-0.25, -0.2) is 9.97 Å². The van der Waals surface area contributed by atoms with E-state index in [-0.39, 0.29) is 5.41 Å². The van der Waals surface area contributed by atoms with Gasteiger partial charge in [0.15, 0.2) is 5.82 Å². The predicted molar refractivity (Wildman–Crippen MR) is 98.4 cm³/mol. The van der Waals surface area contributed by atoms with Crippen molar-refractivity contribution < 1.29 is 0 Å². The quantitative estimate of drug-likeness (QED) is 0.854. The molecule has 1 saturated heterocycles. The Morgan fingerprint density at radius 3 is 2.50 bits per heavy atom. The number of nitrogen functional groups attached to an aromatic ring is 1. The van der Waals surface area contributed by atoms with Crippen LogP contribution in [0.5, 0.6) is 0 Å². The second kappa shape index (κ2) is 5.76. The Kier molecular flexibility index (Phi) is 3.82. The molecule has 2 heterocycles. The summed E-state index contributed by atoms with van der Waals surface area (Å²) in [4.78, 5) is 11.3. The monoisotopic (exact) mass is 363 g/mol. The molecule has 1 aliphatic heterocycles. The molecule has 1 aromatic carbocycles. The number of rotatable bonds is 2. The summed E-state index contributed by atoms with van der Waals surface area (Å²) in [7, 11) is 0. The van der Waals surface area contributed by atoms with Gasteiger partial charge < -0.3 is 16.4 Å². The number of benzene rings is 1. The summed E-state index contributed by atoms with van der Waals surface area (Å²) in [5.41, 5.74) is 13.8. The van der Waals surface area contributed by atoms with E-state index in [4.69, 9.17) is 34.7 Å². The van der Waals surface area contributed by atoms with E-state index in [1.165, 1.54) is 6.42 Å². The minimum absolute atomic E-state index is 0.251. The van der Waals surface area contributed by atoms with Crippen LogP contribution in [0.3, 0.4) is 0 Å². The van der Waals surface area contributed by atoms with Crippen molar-refractivity contribution in [2.45, 2.75) is 25.3 Å². The summed E-state index contributed by atoms with van der Waals surface area (Å²) in [6, 6.07) is 5.62. The summed E-state index contributed by atoms with van der Waals surface area (Å²) >= 11 is 12.5. The summed E-state index contributed by atoms with van der Waals surface area (Å²) < 4.78 is 0. The fourth-order valence-electron chi connectivity index (χ4n) is 3.78. The van der Waals surface area contributed by atoms with E-state index in [0.29, 0.717) is 33.2 Å². The molecule has 0 radical (unpaired) electrons. The first-order chi connectivity index (χ1) is 11.5. The molecule has 4 rings (SSSR count). The van der Waals surface area contributed by atoms with Gasteiger partial charge in [-0.15, -0.1) is 0 Å². The third-order valence-electron chi connectivity index (χ3n) is 5.44. The molecular weight excluding hydrogens is 345 g/mol. The van der Waals surface area contributed by atoms with Crippen LogP contribution in [0.1, 0.15) is 19.3 Å². The molecule has 7 heteroatoms. The molecule has 2 aromatic rings. The number of anilines is 2. The van der Waals surface area contributed by atoms with Crippen molar-refractivity contribution in [3.8, 4) is 11.3 Å². The predicted octanol–water partition coefficient (Wildman–Crippen LogP) is 3.35. The Balaban J connectivity index is 1.64. The molecule has 2 fully saturated rings. The number of hydrogen-bond donors (Lipinski definition) is 2. The lowest BCUT2D eigenvalue weighted by Crippen LogP contribution is -2.52. The third-order valence-corrected chi connectivity index (χ3v) is 6.07. The third kappa shape index (κ3) is 2.42. The molecule has 1 unspecified atom stereocenters. The summed E-state index contributed by atoms with van der Waals surface area (Å²) in [5.74, 6) is 1.12. The Bertz CT molecular complexity index is 776. The van der Waals surface area contributed by atoms with Crippen molar-refractivity contribution in [2.24, 2.45) is 11.1 Å². The maximum atomic E-state index is 6.25. The number of hydrogen-bond acceptors (Lipinski definition) is 5. The Hall–Kier alpha value is -1.56. The Morgan fingerprint density at radius 2 is 1.96 bits per heavy atom. The van der Waals surface area contributed by atoms with Crippen molar-refractivity contribution >= 4 is 34.8 Å². The number of halogens is 2. The molecule has 24 heavy (non-hydrogen) atoms. The highest BCUT2D eigenvalue weighted by Crippen LogP contribution is 2.48. The SMILES string of the molecule is Nc1nc(N2CC[C@@]3(CCC3N)C2)cnc1-c1c(Cl)cccc1Cl. The van der Waals surface area contributed by atoms with Gasteiger partial charge in [0.2, 0.25) is 0 Å².